The van der Waals surface area contributed by atoms with Gasteiger partial charge in [-0.05, 0) is 116 Å². The van der Waals surface area contributed by atoms with Crippen LogP contribution >= 0.6 is 7.82 Å². The number of unbranched alkanes of at least 4 members (excludes halogenated alkanes) is 7. The SMILES string of the molecule is CC/C=C\C/C=C\C/C=C\C/C=C\CCCCC(=O)OC(COC(=O)CCCCCCC/C=C\C/C=C\C/C=C\CC)COP(=O)(O)OCC(CO)OC(=O)CC/C=C\C/C=C\C/C=C\C/C=C\CC. The minimum atomic E-state index is -4.78. The zero-order chi connectivity index (χ0) is 51.3. The lowest BCUT2D eigenvalue weighted by Crippen LogP contribution is -2.30. The van der Waals surface area contributed by atoms with Gasteiger partial charge in [-0.3, -0.25) is 23.4 Å². The molecule has 3 atom stereocenters. The highest BCUT2D eigenvalue weighted by Crippen LogP contribution is 2.43. The summed E-state index contributed by atoms with van der Waals surface area (Å²) in [6.07, 6.45) is 63.0. The molecule has 0 aliphatic carbocycles. The fourth-order valence-corrected chi connectivity index (χ4v) is 6.98. The summed E-state index contributed by atoms with van der Waals surface area (Å²) in [6.45, 7) is 4.11. The Hall–Kier alpha value is -4.38. The van der Waals surface area contributed by atoms with Gasteiger partial charge >= 0.3 is 25.7 Å². The summed E-state index contributed by atoms with van der Waals surface area (Å²) in [7, 11) is -4.78. The Labute approximate surface area is 423 Å². The van der Waals surface area contributed by atoms with Gasteiger partial charge in [0, 0.05) is 19.3 Å². The molecule has 0 aromatic heterocycles. The fraction of sp³-hybridized carbons (Fsp3) is 0.569. The molecule has 0 spiro atoms. The van der Waals surface area contributed by atoms with Crippen LogP contribution in [0.3, 0.4) is 0 Å². The molecule has 3 unspecified atom stereocenters. The van der Waals surface area contributed by atoms with Gasteiger partial charge in [-0.15, -0.1) is 0 Å². The Morgan fingerprint density at radius 1 is 0.400 bits per heavy atom. The summed E-state index contributed by atoms with van der Waals surface area (Å²) in [5, 5.41) is 9.76. The molecule has 0 heterocycles. The van der Waals surface area contributed by atoms with Crippen molar-refractivity contribution in [3.8, 4) is 0 Å². The maximum atomic E-state index is 12.8. The van der Waals surface area contributed by atoms with Crippen LogP contribution in [0.2, 0.25) is 0 Å². The second-order valence-electron chi connectivity index (χ2n) is 16.5. The van der Waals surface area contributed by atoms with E-state index in [2.05, 4.69) is 136 Å². The number of rotatable bonds is 46. The first-order chi connectivity index (χ1) is 34.2. The molecule has 70 heavy (non-hydrogen) atoms. The van der Waals surface area contributed by atoms with Gasteiger partial charge in [-0.1, -0.05) is 174 Å². The van der Waals surface area contributed by atoms with E-state index in [4.69, 9.17) is 23.3 Å². The molecule has 0 saturated heterocycles. The third kappa shape index (κ3) is 48.6. The number of esters is 3. The number of phosphoric acid groups is 1. The highest BCUT2D eigenvalue weighted by atomic mass is 31.2. The maximum absolute atomic E-state index is 12.8. The van der Waals surface area contributed by atoms with Crippen molar-refractivity contribution in [2.75, 3.05) is 26.4 Å². The summed E-state index contributed by atoms with van der Waals surface area (Å²) in [6, 6.07) is 0. The largest absolute Gasteiger partial charge is 0.472 e. The first-order valence-corrected chi connectivity index (χ1v) is 27.6. The van der Waals surface area contributed by atoms with Crippen LogP contribution in [0.15, 0.2) is 134 Å². The monoisotopic (exact) mass is 995 g/mol. The van der Waals surface area contributed by atoms with Crippen LogP contribution in [0, 0.1) is 0 Å². The molecule has 0 amide bonds. The van der Waals surface area contributed by atoms with Crippen LogP contribution in [0.5, 0.6) is 0 Å². The highest BCUT2D eigenvalue weighted by molar-refractivity contribution is 7.47. The van der Waals surface area contributed by atoms with Crippen molar-refractivity contribution < 1.29 is 52.2 Å². The Bertz CT molecular complexity index is 1680. The molecule has 0 aliphatic heterocycles. The van der Waals surface area contributed by atoms with E-state index in [0.717, 1.165) is 116 Å². The molecule has 0 saturated carbocycles. The van der Waals surface area contributed by atoms with E-state index in [1.165, 1.54) is 0 Å². The second-order valence-corrected chi connectivity index (χ2v) is 18.0. The van der Waals surface area contributed by atoms with Crippen molar-refractivity contribution in [3.63, 3.8) is 0 Å². The van der Waals surface area contributed by atoms with E-state index in [0.29, 0.717) is 19.3 Å². The summed E-state index contributed by atoms with van der Waals surface area (Å²) >= 11 is 0. The summed E-state index contributed by atoms with van der Waals surface area (Å²) in [4.78, 5) is 48.3. The van der Waals surface area contributed by atoms with Gasteiger partial charge in [0.15, 0.2) is 6.10 Å². The van der Waals surface area contributed by atoms with Crippen LogP contribution in [-0.2, 0) is 42.2 Å². The first kappa shape index (κ1) is 65.6. The van der Waals surface area contributed by atoms with Gasteiger partial charge in [0.2, 0.25) is 0 Å². The zero-order valence-corrected chi connectivity index (χ0v) is 44.1. The van der Waals surface area contributed by atoms with E-state index >= 15 is 0 Å². The quantitative estimate of drug-likeness (QED) is 0.0197. The number of carbonyl (C=O) groups excluding carboxylic acids is 3. The van der Waals surface area contributed by atoms with Crippen LogP contribution in [0.25, 0.3) is 0 Å². The predicted molar refractivity (Wildman–Crippen MR) is 288 cm³/mol. The topological polar surface area (TPSA) is 155 Å². The lowest BCUT2D eigenvalue weighted by atomic mass is 10.1. The Balaban J connectivity index is 4.92. The summed E-state index contributed by atoms with van der Waals surface area (Å²) < 4.78 is 39.2. The standard InChI is InChI=1S/C58H91O11P/c1-4-7-10-13-16-19-22-25-27-30-32-35-38-41-44-47-56(60)65-51-55(69-58(62)49-46-43-40-37-34-31-28-26-23-20-17-14-11-8-5-2)53-67-70(63,64)66-52-54(50-59)68-57(61)48-45-42-39-36-33-29-24-21-18-15-12-9-6-3/h7-12,16-21,25-29,33-34,37,39,42,54-55,59H,4-6,13-15,22-24,30-32,35-36,38,40-41,43-53H2,1-3H3,(H,63,64)/b10-7-,11-8-,12-9-,19-16-,20-17-,21-18-,27-25-,28-26-,33-29-,37-34-,42-39-. The molecule has 12 heteroatoms. The van der Waals surface area contributed by atoms with Crippen LogP contribution in [0.4, 0.5) is 0 Å². The van der Waals surface area contributed by atoms with Crippen molar-refractivity contribution in [1.29, 1.82) is 0 Å². The fourth-order valence-electron chi connectivity index (χ4n) is 6.20. The maximum Gasteiger partial charge on any atom is 0.472 e. The molecule has 0 aliphatic rings. The van der Waals surface area contributed by atoms with Gasteiger partial charge < -0.3 is 24.2 Å². The molecule has 11 nitrogen and oxygen atoms in total. The van der Waals surface area contributed by atoms with Crippen molar-refractivity contribution >= 4 is 25.7 Å². The molecule has 0 rings (SSSR count). The number of carbonyl (C=O) groups is 3. The number of ether oxygens (including phenoxy) is 3. The molecule has 394 valence electrons. The summed E-state index contributed by atoms with van der Waals surface area (Å²) in [5.41, 5.74) is 0. The van der Waals surface area contributed by atoms with Gasteiger partial charge in [0.25, 0.3) is 0 Å². The van der Waals surface area contributed by atoms with Gasteiger partial charge in [-0.25, -0.2) is 4.57 Å². The van der Waals surface area contributed by atoms with E-state index in [9.17, 15) is 28.9 Å². The first-order valence-electron chi connectivity index (χ1n) is 26.1. The Kier molecular flexibility index (Phi) is 47.8. The Morgan fingerprint density at radius 3 is 1.19 bits per heavy atom. The van der Waals surface area contributed by atoms with Crippen molar-refractivity contribution in [3.05, 3.63) is 134 Å². The molecule has 0 aromatic carbocycles. The Morgan fingerprint density at radius 2 is 0.729 bits per heavy atom. The number of allylic oxidation sites excluding steroid dienone is 22. The highest BCUT2D eigenvalue weighted by Gasteiger charge is 2.28. The second kappa shape index (κ2) is 51.0. The predicted octanol–water partition coefficient (Wildman–Crippen LogP) is 15.0. The molecular formula is C58H91O11P. The summed E-state index contributed by atoms with van der Waals surface area (Å²) in [5.74, 6) is -1.64. The van der Waals surface area contributed by atoms with E-state index in [1.807, 2.05) is 18.2 Å². The molecule has 0 bridgehead atoms. The number of hydrogen-bond acceptors (Lipinski definition) is 10. The number of phosphoric ester groups is 1. The van der Waals surface area contributed by atoms with Crippen molar-refractivity contribution in [2.45, 2.75) is 187 Å². The molecule has 2 N–H and O–H groups in total. The van der Waals surface area contributed by atoms with E-state index in [1.54, 1.807) is 0 Å². The minimum Gasteiger partial charge on any atom is -0.462 e. The van der Waals surface area contributed by atoms with E-state index in [-0.39, 0.29) is 25.9 Å². The van der Waals surface area contributed by atoms with Crippen LogP contribution in [-0.4, -0.2) is 66.5 Å². The molecule has 0 fully saturated rings. The lowest BCUT2D eigenvalue weighted by molar-refractivity contribution is -0.161. The zero-order valence-electron chi connectivity index (χ0n) is 43.2. The smallest absolute Gasteiger partial charge is 0.462 e. The lowest BCUT2D eigenvalue weighted by Gasteiger charge is -2.21. The van der Waals surface area contributed by atoms with Crippen molar-refractivity contribution in [2.24, 2.45) is 0 Å². The van der Waals surface area contributed by atoms with Gasteiger partial charge in [0.05, 0.1) is 19.8 Å². The number of hydrogen-bond donors (Lipinski definition) is 2. The van der Waals surface area contributed by atoms with Gasteiger partial charge in [-0.2, -0.15) is 0 Å². The third-order valence-corrected chi connectivity index (χ3v) is 11.0. The van der Waals surface area contributed by atoms with Crippen molar-refractivity contribution in [1.82, 2.24) is 0 Å². The molecule has 0 radical (unpaired) electrons. The van der Waals surface area contributed by atoms with E-state index < -0.39 is 57.8 Å². The molecular weight excluding hydrogens is 904 g/mol. The van der Waals surface area contributed by atoms with Crippen LogP contribution < -0.4 is 0 Å². The number of aliphatic hydroxyl groups is 1. The molecule has 0 aromatic rings. The third-order valence-electron chi connectivity index (χ3n) is 10.1. The average molecular weight is 995 g/mol. The minimum absolute atomic E-state index is 0.0441. The van der Waals surface area contributed by atoms with Crippen LogP contribution in [0.1, 0.15) is 175 Å². The number of aliphatic hydroxyl groups excluding tert-OH is 1. The van der Waals surface area contributed by atoms with Gasteiger partial charge in [0.1, 0.15) is 12.7 Å². The average Bonchev–Trinajstić information content (AvgIpc) is 3.35. The normalized spacial score (nSPS) is 14.5.